The minimum Gasteiger partial charge on any atom is -0.331 e. The zero-order valence-electron chi connectivity index (χ0n) is 10.6. The molecule has 0 aliphatic heterocycles. The molecule has 99 valence electrons. The van der Waals surface area contributed by atoms with Crippen LogP contribution >= 0.6 is 0 Å². The summed E-state index contributed by atoms with van der Waals surface area (Å²) in [4.78, 5) is 0. The minimum atomic E-state index is 0. The number of rotatable bonds is 3. The molecule has 17 heavy (non-hydrogen) atoms. The molecule has 3 heteroatoms. The third-order valence-corrected chi connectivity index (χ3v) is 4.64. The fourth-order valence-electron chi connectivity index (χ4n) is 3.71. The van der Waals surface area contributed by atoms with Crippen LogP contribution < -0.4 is 5.73 Å². The maximum Gasteiger partial charge on any atom is 0.0660 e. The number of allylic oxidation sites excluding steroid dienone is 1. The summed E-state index contributed by atoms with van der Waals surface area (Å²) in [5.74, 6) is 0.169. The van der Waals surface area contributed by atoms with Crippen molar-refractivity contribution < 1.29 is 0 Å². The normalized spacial score (nSPS) is 36.2. The average molecular weight is 469 g/mol. The summed E-state index contributed by atoms with van der Waals surface area (Å²) >= 11 is 0. The second-order valence-electron chi connectivity index (χ2n) is 5.71. The third-order valence-electron chi connectivity index (χ3n) is 4.64. The summed E-state index contributed by atoms with van der Waals surface area (Å²) in [6.07, 6.45) is 8.68. The summed E-state index contributed by atoms with van der Waals surface area (Å²) < 4.78 is 0. The van der Waals surface area contributed by atoms with Crippen LogP contribution in [0.5, 0.6) is 0 Å². The summed E-state index contributed by atoms with van der Waals surface area (Å²) in [6.45, 7) is 5.11. The number of nitrogens with zero attached hydrogens (tertiary/aromatic N) is 1. The number of hydrogen-bond acceptors (Lipinski definition) is 2. The van der Waals surface area contributed by atoms with Crippen molar-refractivity contribution in [1.29, 1.82) is 5.26 Å². The van der Waals surface area contributed by atoms with Gasteiger partial charge in [-0.2, -0.15) is 5.26 Å². The Kier molecular flexibility index (Phi) is 3.20. The first-order chi connectivity index (χ1) is 7.60. The van der Waals surface area contributed by atoms with Crippen molar-refractivity contribution in [2.45, 2.75) is 39.5 Å². The second kappa shape index (κ2) is 4.14. The molecule has 0 aromatic carbocycles. The molecule has 2 aliphatic rings. The fourth-order valence-corrected chi connectivity index (χ4v) is 3.71. The van der Waals surface area contributed by atoms with Gasteiger partial charge < -0.3 is 5.73 Å². The van der Waals surface area contributed by atoms with Crippen LogP contribution in [-0.2, 0) is 0 Å². The van der Waals surface area contributed by atoms with Crippen LogP contribution in [-0.4, -0.2) is 6.54 Å². The van der Waals surface area contributed by atoms with E-state index < -0.39 is 0 Å². The predicted molar refractivity (Wildman–Crippen MR) is 65.2 cm³/mol. The monoisotopic (exact) mass is 469 g/mol. The van der Waals surface area contributed by atoms with Gasteiger partial charge in [-0.1, -0.05) is 32.1 Å². The van der Waals surface area contributed by atoms with Crippen molar-refractivity contribution in [2.24, 2.45) is 22.5 Å². The van der Waals surface area contributed by atoms with Gasteiger partial charge >= 0.3 is 0 Å². The van der Waals surface area contributed by atoms with Crippen molar-refractivity contribution in [1.82, 2.24) is 0 Å². The summed E-state index contributed by atoms with van der Waals surface area (Å²) in [5.41, 5.74) is 7.80. The largest absolute Gasteiger partial charge is 0.331 e. The van der Waals surface area contributed by atoms with Crippen molar-refractivity contribution in [3.63, 3.8) is 0 Å². The average Bonchev–Trinajstić information content (AvgIpc) is 2.74. The van der Waals surface area contributed by atoms with Gasteiger partial charge in [-0.15, -0.1) is 6.42 Å². The van der Waals surface area contributed by atoms with E-state index in [0.29, 0.717) is 0 Å². The van der Waals surface area contributed by atoms with Crippen LogP contribution in [0, 0.1) is 34.5 Å². The maximum atomic E-state index is 9.26. The van der Waals surface area contributed by atoms with E-state index in [1.165, 1.54) is 5.57 Å². The topological polar surface area (TPSA) is 49.8 Å². The Bertz CT molecular complexity index is 358. The smallest absolute Gasteiger partial charge is 0.0660 e. The molecule has 0 saturated heterocycles. The zero-order chi connectivity index (χ0) is 11.8. The van der Waals surface area contributed by atoms with Crippen LogP contribution in [0.25, 0.3) is 0 Å². The van der Waals surface area contributed by atoms with Gasteiger partial charge in [0.25, 0.3) is 0 Å². The van der Waals surface area contributed by atoms with Crippen molar-refractivity contribution in [3.05, 3.63) is 18.1 Å². The molecule has 3 unspecified atom stereocenters. The van der Waals surface area contributed by atoms with E-state index in [0.717, 1.165) is 32.2 Å². The standard InChI is InChI=1S/C14H21N2.Es/c1-3-11(8-15)13(2)7-12-5-4-6-14(12,9-13)10-16;/h4-5,11H,3,6-7,9-10,16H2,1-2H3;/q-1;. The first-order valence-electron chi connectivity index (χ1n) is 6.23. The molecular weight excluding hydrogens is 448 g/mol. The molecule has 0 spiro atoms. The van der Waals surface area contributed by atoms with Crippen molar-refractivity contribution in [3.8, 4) is 6.07 Å². The van der Waals surface area contributed by atoms with E-state index in [-0.39, 0.29) is 16.7 Å². The Balaban J connectivity index is 0.00000144. The first kappa shape index (κ1) is 13.1. The molecule has 0 amide bonds. The molecule has 2 N–H and O–H groups in total. The van der Waals surface area contributed by atoms with E-state index in [1.807, 2.05) is 0 Å². The van der Waals surface area contributed by atoms with Gasteiger partial charge in [0, 0.05) is 0 Å². The number of nitrogens with two attached hydrogens (primary N) is 1. The van der Waals surface area contributed by atoms with Crippen LogP contribution in [0.1, 0.15) is 39.5 Å². The Morgan fingerprint density at radius 1 is 1.65 bits per heavy atom. The van der Waals surface area contributed by atoms with Crippen molar-refractivity contribution >= 4 is 0 Å². The van der Waals surface area contributed by atoms with Crippen LogP contribution in [0.3, 0.4) is 0 Å². The molecular formula is C14H21EsN2-. The van der Waals surface area contributed by atoms with Gasteiger partial charge in [-0.3, -0.25) is 0 Å². The third kappa shape index (κ3) is 1.66. The van der Waals surface area contributed by atoms with Gasteiger partial charge in [0.15, 0.2) is 0 Å². The Labute approximate surface area is 98.5 Å². The molecule has 2 aliphatic carbocycles. The molecule has 1 saturated carbocycles. The number of hydrogen-bond donors (Lipinski definition) is 1. The Hall–Kier alpha value is -1.94. The zero-order valence-corrected chi connectivity index (χ0v) is 13.1. The molecule has 0 aromatic heterocycles. The second-order valence-corrected chi connectivity index (χ2v) is 5.71. The van der Waals surface area contributed by atoms with Crippen LogP contribution in [0.4, 0.5) is 0 Å². The van der Waals surface area contributed by atoms with Gasteiger partial charge in [-0.25, -0.2) is 18.1 Å². The fraction of sp³-hybridized carbons (Fsp3) is 0.714. The number of nitriles is 1. The van der Waals surface area contributed by atoms with E-state index in [2.05, 4.69) is 32.4 Å². The summed E-state index contributed by atoms with van der Waals surface area (Å²) in [5, 5.41) is 9.26. The molecule has 1 radical (unpaired) electrons. The maximum absolute atomic E-state index is 9.26. The summed E-state index contributed by atoms with van der Waals surface area (Å²) in [6, 6.07) is 2.49. The quantitative estimate of drug-likeness (QED) is 0.647. The van der Waals surface area contributed by atoms with Crippen LogP contribution in [0.15, 0.2) is 11.6 Å². The van der Waals surface area contributed by atoms with Gasteiger partial charge in [-0.05, 0) is 18.4 Å². The molecule has 0 heterocycles. The molecule has 2 nitrogen and oxygen atoms in total. The van der Waals surface area contributed by atoms with E-state index in [1.54, 1.807) is 0 Å². The predicted octanol–water partition coefficient (Wildman–Crippen LogP) is 2.82. The first-order valence-corrected chi connectivity index (χ1v) is 6.23. The number of fused-ring (bicyclic) bond motifs is 1. The minimum absolute atomic E-state index is 0. The van der Waals surface area contributed by atoms with E-state index in [4.69, 9.17) is 5.73 Å². The molecule has 1 fully saturated rings. The van der Waals surface area contributed by atoms with E-state index >= 15 is 0 Å². The van der Waals surface area contributed by atoms with Gasteiger partial charge in [0.1, 0.15) is 0 Å². The van der Waals surface area contributed by atoms with Gasteiger partial charge in [0.2, 0.25) is 0 Å². The molecule has 0 bridgehead atoms. The molecule has 3 atom stereocenters. The molecule has 0 aromatic rings. The Morgan fingerprint density at radius 3 is 2.82 bits per heavy atom. The van der Waals surface area contributed by atoms with Gasteiger partial charge in [0.05, 0.1) is 12.0 Å². The van der Waals surface area contributed by atoms with Crippen LogP contribution in [0.2, 0.25) is 0 Å². The van der Waals surface area contributed by atoms with E-state index in [9.17, 15) is 5.26 Å². The summed E-state index contributed by atoms with van der Waals surface area (Å²) in [7, 11) is 0. The van der Waals surface area contributed by atoms with Crippen molar-refractivity contribution in [2.75, 3.05) is 6.54 Å². The molecule has 2 rings (SSSR count). The SMILES string of the molecule is CCC(C#N)C1(C)CC2=C[CH-]CC2(CN)C1.[Es]. The Morgan fingerprint density at radius 2 is 2.35 bits per heavy atom.